The molecule has 0 aromatic heterocycles. The number of nitrogens with zero attached hydrogens (tertiary/aromatic N) is 2. The summed E-state index contributed by atoms with van der Waals surface area (Å²) in [6, 6.07) is 16.7. The highest BCUT2D eigenvalue weighted by Gasteiger charge is 2.27. The Bertz CT molecular complexity index is 812. The van der Waals surface area contributed by atoms with E-state index in [1.807, 2.05) is 54.6 Å². The number of nitrogens with one attached hydrogen (secondary N) is 1. The van der Waals surface area contributed by atoms with E-state index in [1.54, 1.807) is 18.2 Å². The lowest BCUT2D eigenvalue weighted by molar-refractivity contribution is -0.126. The van der Waals surface area contributed by atoms with Gasteiger partial charge in [0, 0.05) is 30.1 Å². The summed E-state index contributed by atoms with van der Waals surface area (Å²) < 4.78 is 5.25. The molecule has 0 radical (unpaired) electrons. The number of piperidine rings is 1. The number of hydrogen-bond acceptors (Lipinski definition) is 4. The largest absolute Gasteiger partial charge is 0.496 e. The molecule has 140 valence electrons. The maximum Gasteiger partial charge on any atom is 0.253 e. The second-order valence-corrected chi connectivity index (χ2v) is 6.41. The Morgan fingerprint density at radius 3 is 2.44 bits per heavy atom. The summed E-state index contributed by atoms with van der Waals surface area (Å²) in [7, 11) is 1.59. The molecule has 0 bridgehead atoms. The van der Waals surface area contributed by atoms with Gasteiger partial charge in [-0.2, -0.15) is 5.10 Å². The number of hydrogen-bond donors (Lipinski definition) is 1. The molecule has 1 aliphatic rings. The maximum atomic E-state index is 12.5. The molecule has 1 heterocycles. The van der Waals surface area contributed by atoms with Crippen molar-refractivity contribution in [1.29, 1.82) is 0 Å². The highest BCUT2D eigenvalue weighted by Crippen LogP contribution is 2.19. The standard InChI is InChI=1S/C21H23N3O3/c1-27-19-10-6-5-9-18(19)15-22-23-20(25)16-11-13-24(14-12-16)21(26)17-7-3-2-4-8-17/h2-10,15-16H,11-14H2,1H3,(H,23,25)/b22-15-. The number of ether oxygens (including phenoxy) is 1. The number of rotatable bonds is 5. The summed E-state index contributed by atoms with van der Waals surface area (Å²) in [5, 5.41) is 4.04. The van der Waals surface area contributed by atoms with E-state index in [2.05, 4.69) is 10.5 Å². The van der Waals surface area contributed by atoms with Crippen molar-refractivity contribution in [2.24, 2.45) is 11.0 Å². The van der Waals surface area contributed by atoms with Gasteiger partial charge < -0.3 is 9.64 Å². The fraction of sp³-hybridized carbons (Fsp3) is 0.286. The zero-order valence-electron chi connectivity index (χ0n) is 15.3. The van der Waals surface area contributed by atoms with E-state index in [9.17, 15) is 9.59 Å². The molecule has 0 spiro atoms. The molecule has 6 nitrogen and oxygen atoms in total. The minimum absolute atomic E-state index is 0.0173. The summed E-state index contributed by atoms with van der Waals surface area (Å²) in [5.41, 5.74) is 4.08. The van der Waals surface area contributed by atoms with Crippen LogP contribution in [0.25, 0.3) is 0 Å². The third-order valence-electron chi connectivity index (χ3n) is 4.69. The first-order valence-corrected chi connectivity index (χ1v) is 8.99. The van der Waals surface area contributed by atoms with Crippen LogP contribution in [-0.4, -0.2) is 43.1 Å². The third kappa shape index (κ3) is 4.73. The summed E-state index contributed by atoms with van der Waals surface area (Å²) in [6.07, 6.45) is 2.84. The molecular formula is C21H23N3O3. The molecule has 1 saturated heterocycles. The first kappa shape index (κ1) is 18.6. The Hall–Kier alpha value is -3.15. The van der Waals surface area contributed by atoms with Crippen LogP contribution in [0.15, 0.2) is 59.7 Å². The van der Waals surface area contributed by atoms with Crippen LogP contribution in [0.2, 0.25) is 0 Å². The van der Waals surface area contributed by atoms with Crippen LogP contribution in [0.5, 0.6) is 5.75 Å². The Morgan fingerprint density at radius 2 is 1.74 bits per heavy atom. The van der Waals surface area contributed by atoms with Gasteiger partial charge in [0.05, 0.1) is 13.3 Å². The van der Waals surface area contributed by atoms with Gasteiger partial charge in [-0.15, -0.1) is 0 Å². The van der Waals surface area contributed by atoms with Crippen LogP contribution in [0.3, 0.4) is 0 Å². The van der Waals surface area contributed by atoms with Gasteiger partial charge in [-0.1, -0.05) is 30.3 Å². The molecule has 6 heteroatoms. The summed E-state index contributed by atoms with van der Waals surface area (Å²) in [4.78, 5) is 26.6. The smallest absolute Gasteiger partial charge is 0.253 e. The Kier molecular flexibility index (Phi) is 6.20. The molecule has 1 fully saturated rings. The first-order chi connectivity index (χ1) is 13.2. The molecule has 1 aliphatic heterocycles. The summed E-state index contributed by atoms with van der Waals surface area (Å²) in [6.45, 7) is 1.14. The number of benzene rings is 2. The van der Waals surface area contributed by atoms with Crippen molar-refractivity contribution in [1.82, 2.24) is 10.3 Å². The molecular weight excluding hydrogens is 342 g/mol. The van der Waals surface area contributed by atoms with Gasteiger partial charge in [-0.25, -0.2) is 5.43 Å². The van der Waals surface area contributed by atoms with E-state index in [1.165, 1.54) is 0 Å². The van der Waals surface area contributed by atoms with Crippen LogP contribution >= 0.6 is 0 Å². The van der Waals surface area contributed by atoms with Gasteiger partial charge in [0.15, 0.2) is 0 Å². The second-order valence-electron chi connectivity index (χ2n) is 6.41. The van der Waals surface area contributed by atoms with Crippen molar-refractivity contribution < 1.29 is 14.3 Å². The van der Waals surface area contributed by atoms with Crippen molar-refractivity contribution in [2.45, 2.75) is 12.8 Å². The van der Waals surface area contributed by atoms with Crippen LogP contribution in [0, 0.1) is 5.92 Å². The average Bonchev–Trinajstić information content (AvgIpc) is 2.74. The van der Waals surface area contributed by atoms with Crippen LogP contribution in [0.4, 0.5) is 0 Å². The van der Waals surface area contributed by atoms with E-state index >= 15 is 0 Å². The number of hydrazone groups is 1. The van der Waals surface area contributed by atoms with Gasteiger partial charge >= 0.3 is 0 Å². The van der Waals surface area contributed by atoms with Crippen molar-refractivity contribution in [3.05, 3.63) is 65.7 Å². The molecule has 0 atom stereocenters. The molecule has 0 saturated carbocycles. The second kappa shape index (κ2) is 8.98. The van der Waals surface area contributed by atoms with E-state index < -0.39 is 0 Å². The van der Waals surface area contributed by atoms with Gasteiger partial charge in [0.2, 0.25) is 5.91 Å². The fourth-order valence-electron chi connectivity index (χ4n) is 3.14. The number of carbonyl (C=O) groups excluding carboxylic acids is 2. The highest BCUT2D eigenvalue weighted by atomic mass is 16.5. The zero-order chi connectivity index (χ0) is 19.1. The molecule has 3 rings (SSSR count). The molecule has 27 heavy (non-hydrogen) atoms. The topological polar surface area (TPSA) is 71.0 Å². The van der Waals surface area contributed by atoms with E-state index in [0.717, 1.165) is 5.56 Å². The highest BCUT2D eigenvalue weighted by molar-refractivity contribution is 5.94. The van der Waals surface area contributed by atoms with Gasteiger partial charge in [0.1, 0.15) is 5.75 Å². The fourth-order valence-corrected chi connectivity index (χ4v) is 3.14. The quantitative estimate of drug-likeness (QED) is 0.654. The SMILES string of the molecule is COc1ccccc1/C=N\NC(=O)C1CCN(C(=O)c2ccccc2)CC1. The molecule has 0 unspecified atom stereocenters. The molecule has 1 N–H and O–H groups in total. The van der Waals surface area contributed by atoms with Gasteiger partial charge in [0.25, 0.3) is 5.91 Å². The van der Waals surface area contributed by atoms with Gasteiger partial charge in [-0.05, 0) is 37.1 Å². The van der Waals surface area contributed by atoms with E-state index in [4.69, 9.17) is 4.74 Å². The molecule has 2 amide bonds. The van der Waals surface area contributed by atoms with Crippen molar-refractivity contribution in [3.8, 4) is 5.75 Å². The lowest BCUT2D eigenvalue weighted by Gasteiger charge is -2.31. The Labute approximate surface area is 158 Å². The predicted molar refractivity (Wildman–Crippen MR) is 104 cm³/mol. The Balaban J connectivity index is 1.50. The third-order valence-corrected chi connectivity index (χ3v) is 4.69. The normalized spacial score (nSPS) is 14.9. The van der Waals surface area contributed by atoms with E-state index in [0.29, 0.717) is 37.2 Å². The van der Waals surface area contributed by atoms with Crippen LogP contribution in [0.1, 0.15) is 28.8 Å². The average molecular weight is 365 g/mol. The van der Waals surface area contributed by atoms with Crippen molar-refractivity contribution in [2.75, 3.05) is 20.2 Å². The van der Waals surface area contributed by atoms with Crippen LogP contribution in [-0.2, 0) is 4.79 Å². The molecule has 0 aliphatic carbocycles. The minimum Gasteiger partial charge on any atom is -0.496 e. The predicted octanol–water partition coefficient (Wildman–Crippen LogP) is 2.70. The monoisotopic (exact) mass is 365 g/mol. The lowest BCUT2D eigenvalue weighted by Crippen LogP contribution is -2.42. The van der Waals surface area contributed by atoms with Crippen molar-refractivity contribution in [3.63, 3.8) is 0 Å². The van der Waals surface area contributed by atoms with Crippen LogP contribution < -0.4 is 10.2 Å². The Morgan fingerprint density at radius 1 is 1.07 bits per heavy atom. The minimum atomic E-state index is -0.139. The zero-order valence-corrected chi connectivity index (χ0v) is 15.3. The van der Waals surface area contributed by atoms with E-state index in [-0.39, 0.29) is 17.7 Å². The molecule has 2 aromatic rings. The first-order valence-electron chi connectivity index (χ1n) is 8.99. The number of carbonyl (C=O) groups is 2. The van der Waals surface area contributed by atoms with Crippen molar-refractivity contribution >= 4 is 18.0 Å². The maximum absolute atomic E-state index is 12.5. The lowest BCUT2D eigenvalue weighted by atomic mass is 9.95. The number of para-hydroxylation sites is 1. The number of likely N-dealkylation sites (tertiary alicyclic amines) is 1. The number of amides is 2. The summed E-state index contributed by atoms with van der Waals surface area (Å²) in [5.74, 6) is 0.458. The summed E-state index contributed by atoms with van der Waals surface area (Å²) >= 11 is 0. The molecule has 2 aromatic carbocycles. The van der Waals surface area contributed by atoms with Gasteiger partial charge in [-0.3, -0.25) is 9.59 Å². The number of methoxy groups -OCH3 is 1.